The Morgan fingerprint density at radius 2 is 1.84 bits per heavy atom. The van der Waals surface area contributed by atoms with Crippen LogP contribution in [-0.4, -0.2) is 25.3 Å². The minimum absolute atomic E-state index is 0.396. The number of ether oxygens (including phenoxy) is 2. The molecule has 3 aromatic carbocycles. The Bertz CT molecular complexity index is 1330. The lowest BCUT2D eigenvalue weighted by atomic mass is 9.99. The van der Waals surface area contributed by atoms with Crippen molar-refractivity contribution in [2.75, 3.05) is 20.4 Å². The molecule has 0 N–H and O–H groups in total. The molecule has 0 spiro atoms. The number of hydrogen-bond donors (Lipinski definition) is 0. The van der Waals surface area contributed by atoms with E-state index in [1.807, 2.05) is 54.6 Å². The van der Waals surface area contributed by atoms with E-state index in [9.17, 15) is 4.79 Å². The van der Waals surface area contributed by atoms with Crippen LogP contribution in [0.5, 0.6) is 11.5 Å². The zero-order valence-electron chi connectivity index (χ0n) is 17.6. The van der Waals surface area contributed by atoms with Crippen LogP contribution < -0.4 is 15.1 Å². The van der Waals surface area contributed by atoms with Crippen molar-refractivity contribution < 1.29 is 13.9 Å². The van der Waals surface area contributed by atoms with Crippen LogP contribution in [0.4, 0.5) is 0 Å². The highest BCUT2D eigenvalue weighted by molar-refractivity contribution is 6.33. The number of methoxy groups -OCH3 is 1. The number of rotatable bonds is 5. The van der Waals surface area contributed by atoms with Gasteiger partial charge in [-0.15, -0.1) is 0 Å². The van der Waals surface area contributed by atoms with E-state index in [1.54, 1.807) is 7.11 Å². The smallest absolute Gasteiger partial charge is 0.336 e. The average Bonchev–Trinajstić information content (AvgIpc) is 2.83. The highest BCUT2D eigenvalue weighted by Crippen LogP contribution is 2.41. The Hall–Kier alpha value is -3.28. The van der Waals surface area contributed by atoms with Gasteiger partial charge in [0.15, 0.2) is 0 Å². The van der Waals surface area contributed by atoms with Gasteiger partial charge in [0, 0.05) is 24.5 Å². The number of halogens is 1. The molecule has 162 valence electrons. The van der Waals surface area contributed by atoms with E-state index >= 15 is 0 Å². The van der Waals surface area contributed by atoms with E-state index in [-0.39, 0.29) is 0 Å². The lowest BCUT2D eigenvalue weighted by Gasteiger charge is -2.30. The molecule has 5 nitrogen and oxygen atoms in total. The van der Waals surface area contributed by atoms with Crippen LogP contribution in [0.2, 0.25) is 5.02 Å². The van der Waals surface area contributed by atoms with Crippen molar-refractivity contribution in [3.63, 3.8) is 0 Å². The highest BCUT2D eigenvalue weighted by atomic mass is 35.5. The van der Waals surface area contributed by atoms with Gasteiger partial charge in [0.1, 0.15) is 23.8 Å². The quantitative estimate of drug-likeness (QED) is 0.377. The lowest BCUT2D eigenvalue weighted by Crippen LogP contribution is -2.34. The maximum Gasteiger partial charge on any atom is 0.336 e. The SMILES string of the molecule is COc1ccccc1CCN1COc2c(Cl)cc3c(-c4ccccc4)cc(=O)oc3c2C1. The molecule has 4 aromatic rings. The van der Waals surface area contributed by atoms with Gasteiger partial charge in [-0.1, -0.05) is 60.1 Å². The largest absolute Gasteiger partial charge is 0.496 e. The van der Waals surface area contributed by atoms with E-state index in [2.05, 4.69) is 11.0 Å². The topological polar surface area (TPSA) is 51.9 Å². The molecule has 0 unspecified atom stereocenters. The minimum Gasteiger partial charge on any atom is -0.496 e. The van der Waals surface area contributed by atoms with Crippen LogP contribution in [0.3, 0.4) is 0 Å². The molecule has 2 heterocycles. The Morgan fingerprint density at radius 1 is 1.06 bits per heavy atom. The summed E-state index contributed by atoms with van der Waals surface area (Å²) in [5.41, 5.74) is 3.80. The molecule has 0 aliphatic carbocycles. The first-order valence-electron chi connectivity index (χ1n) is 10.5. The van der Waals surface area contributed by atoms with Gasteiger partial charge in [-0.05, 0) is 35.2 Å². The number of benzene rings is 3. The second kappa shape index (κ2) is 8.69. The summed E-state index contributed by atoms with van der Waals surface area (Å²) in [5, 5.41) is 1.32. The summed E-state index contributed by atoms with van der Waals surface area (Å²) >= 11 is 6.60. The zero-order chi connectivity index (χ0) is 22.1. The molecule has 32 heavy (non-hydrogen) atoms. The monoisotopic (exact) mass is 447 g/mol. The van der Waals surface area contributed by atoms with E-state index < -0.39 is 5.63 Å². The van der Waals surface area contributed by atoms with Crippen molar-refractivity contribution in [2.45, 2.75) is 13.0 Å². The standard InChI is InChI=1S/C26H22ClNO4/c1-30-23-10-6-5-9-18(23)11-12-28-15-21-25-20(13-22(27)26(21)31-16-28)19(14-24(29)32-25)17-7-3-2-4-8-17/h2-10,13-14H,11-12,15-16H2,1H3. The van der Waals surface area contributed by atoms with E-state index in [0.717, 1.165) is 46.4 Å². The number of nitrogens with zero attached hydrogens (tertiary/aromatic N) is 1. The molecular formula is C26H22ClNO4. The second-order valence-electron chi connectivity index (χ2n) is 7.78. The molecule has 1 aromatic heterocycles. The van der Waals surface area contributed by atoms with Crippen LogP contribution in [0.1, 0.15) is 11.1 Å². The summed E-state index contributed by atoms with van der Waals surface area (Å²) in [6.07, 6.45) is 0.806. The maximum atomic E-state index is 12.4. The third-order valence-corrected chi connectivity index (χ3v) is 6.06. The fourth-order valence-corrected chi connectivity index (χ4v) is 4.50. The predicted octanol–water partition coefficient (Wildman–Crippen LogP) is 5.52. The van der Waals surface area contributed by atoms with E-state index in [0.29, 0.717) is 29.6 Å². The highest BCUT2D eigenvalue weighted by Gasteiger charge is 2.25. The summed E-state index contributed by atoms with van der Waals surface area (Å²) in [5.74, 6) is 1.46. The van der Waals surface area contributed by atoms with Crippen molar-refractivity contribution in [1.82, 2.24) is 4.90 Å². The van der Waals surface area contributed by atoms with Crippen LogP contribution in [0.15, 0.2) is 75.9 Å². The molecule has 0 fully saturated rings. The van der Waals surface area contributed by atoms with Gasteiger partial charge >= 0.3 is 5.63 Å². The minimum atomic E-state index is -0.396. The fraction of sp³-hybridized carbons (Fsp3) is 0.192. The molecular weight excluding hydrogens is 426 g/mol. The summed E-state index contributed by atoms with van der Waals surface area (Å²) in [7, 11) is 1.68. The number of hydrogen-bond acceptors (Lipinski definition) is 5. The molecule has 0 radical (unpaired) electrons. The fourth-order valence-electron chi connectivity index (χ4n) is 4.22. The van der Waals surface area contributed by atoms with Crippen molar-refractivity contribution in [1.29, 1.82) is 0 Å². The van der Waals surface area contributed by atoms with Crippen LogP contribution in [0.25, 0.3) is 22.1 Å². The van der Waals surface area contributed by atoms with Gasteiger partial charge in [0.2, 0.25) is 0 Å². The lowest BCUT2D eigenvalue weighted by molar-refractivity contribution is 0.0967. The Labute approximate surface area is 190 Å². The Kier molecular flexibility index (Phi) is 5.60. The summed E-state index contributed by atoms with van der Waals surface area (Å²) in [6, 6.07) is 21.1. The third-order valence-electron chi connectivity index (χ3n) is 5.78. The summed E-state index contributed by atoms with van der Waals surface area (Å²) in [6.45, 7) is 1.75. The second-order valence-corrected chi connectivity index (χ2v) is 8.18. The van der Waals surface area contributed by atoms with E-state index in [1.165, 1.54) is 6.07 Å². The number of para-hydroxylation sites is 1. The van der Waals surface area contributed by atoms with Crippen LogP contribution in [-0.2, 0) is 13.0 Å². The predicted molar refractivity (Wildman–Crippen MR) is 126 cm³/mol. The maximum absolute atomic E-state index is 12.4. The van der Waals surface area contributed by atoms with Gasteiger partial charge in [-0.3, -0.25) is 4.90 Å². The zero-order valence-corrected chi connectivity index (χ0v) is 18.4. The first-order chi connectivity index (χ1) is 15.6. The molecule has 0 atom stereocenters. The third kappa shape index (κ3) is 3.85. The van der Waals surface area contributed by atoms with Gasteiger partial charge in [0.05, 0.1) is 17.7 Å². The molecule has 0 saturated carbocycles. The average molecular weight is 448 g/mol. The molecule has 0 amide bonds. The summed E-state index contributed by atoms with van der Waals surface area (Å²) in [4.78, 5) is 14.6. The molecule has 5 rings (SSSR count). The Morgan fingerprint density at radius 3 is 2.66 bits per heavy atom. The first kappa shape index (κ1) is 20.6. The Balaban J connectivity index is 1.51. The molecule has 0 saturated heterocycles. The molecule has 6 heteroatoms. The summed E-state index contributed by atoms with van der Waals surface area (Å²) < 4.78 is 17.2. The molecule has 1 aliphatic heterocycles. The van der Waals surface area contributed by atoms with Crippen molar-refractivity contribution in [3.8, 4) is 22.6 Å². The van der Waals surface area contributed by atoms with Gasteiger partial charge in [-0.2, -0.15) is 0 Å². The molecule has 0 bridgehead atoms. The van der Waals surface area contributed by atoms with Crippen molar-refractivity contribution >= 4 is 22.6 Å². The van der Waals surface area contributed by atoms with Crippen LogP contribution in [0, 0.1) is 0 Å². The number of fused-ring (bicyclic) bond motifs is 3. The van der Waals surface area contributed by atoms with Crippen LogP contribution >= 0.6 is 11.6 Å². The van der Waals surface area contributed by atoms with Crippen molar-refractivity contribution in [3.05, 3.63) is 93.3 Å². The normalized spacial score (nSPS) is 13.6. The van der Waals surface area contributed by atoms with Gasteiger partial charge in [-0.25, -0.2) is 4.79 Å². The first-order valence-corrected chi connectivity index (χ1v) is 10.8. The van der Waals surface area contributed by atoms with E-state index in [4.69, 9.17) is 25.5 Å². The van der Waals surface area contributed by atoms with Gasteiger partial charge in [0.25, 0.3) is 0 Å². The molecule has 1 aliphatic rings. The van der Waals surface area contributed by atoms with Gasteiger partial charge < -0.3 is 13.9 Å². The van der Waals surface area contributed by atoms with Crippen molar-refractivity contribution in [2.24, 2.45) is 0 Å².